The van der Waals surface area contributed by atoms with Crippen LogP contribution in [-0.4, -0.2) is 24.2 Å². The molecule has 0 saturated carbocycles. The van der Waals surface area contributed by atoms with E-state index in [-0.39, 0.29) is 0 Å². The summed E-state index contributed by atoms with van der Waals surface area (Å²) in [6.07, 6.45) is 2.52. The SMILES string of the molecule is CCc1cnc(OC)c(OC)n1. The zero-order chi connectivity index (χ0) is 8.97. The van der Waals surface area contributed by atoms with Gasteiger partial charge < -0.3 is 9.47 Å². The van der Waals surface area contributed by atoms with Crippen molar-refractivity contribution in [2.24, 2.45) is 0 Å². The third-order valence-corrected chi connectivity index (χ3v) is 1.51. The molecular weight excluding hydrogens is 156 g/mol. The first-order valence-electron chi connectivity index (χ1n) is 3.75. The van der Waals surface area contributed by atoms with Crippen LogP contribution in [0.5, 0.6) is 11.8 Å². The molecule has 0 radical (unpaired) electrons. The summed E-state index contributed by atoms with van der Waals surface area (Å²) in [6, 6.07) is 0. The highest BCUT2D eigenvalue weighted by atomic mass is 16.5. The summed E-state index contributed by atoms with van der Waals surface area (Å²) in [5.74, 6) is 0.867. The Morgan fingerprint density at radius 1 is 1.25 bits per heavy atom. The molecule has 0 unspecified atom stereocenters. The molecule has 66 valence electrons. The lowest BCUT2D eigenvalue weighted by Gasteiger charge is -2.05. The zero-order valence-electron chi connectivity index (χ0n) is 7.50. The van der Waals surface area contributed by atoms with Gasteiger partial charge in [-0.1, -0.05) is 6.92 Å². The number of rotatable bonds is 3. The van der Waals surface area contributed by atoms with Gasteiger partial charge in [-0.05, 0) is 6.42 Å². The lowest BCUT2D eigenvalue weighted by molar-refractivity contribution is 0.330. The van der Waals surface area contributed by atoms with Gasteiger partial charge in [0.25, 0.3) is 11.8 Å². The molecule has 4 heteroatoms. The number of hydrogen-bond donors (Lipinski definition) is 0. The molecule has 0 atom stereocenters. The van der Waals surface area contributed by atoms with Crippen molar-refractivity contribution in [3.63, 3.8) is 0 Å². The van der Waals surface area contributed by atoms with Gasteiger partial charge in [0.1, 0.15) is 0 Å². The summed E-state index contributed by atoms with van der Waals surface area (Å²) in [7, 11) is 3.09. The smallest absolute Gasteiger partial charge is 0.278 e. The van der Waals surface area contributed by atoms with Crippen molar-refractivity contribution in [3.8, 4) is 11.8 Å². The molecule has 1 aromatic rings. The van der Waals surface area contributed by atoms with Gasteiger partial charge in [0.05, 0.1) is 26.1 Å². The average molecular weight is 168 g/mol. The molecule has 1 aromatic heterocycles. The summed E-state index contributed by atoms with van der Waals surface area (Å²) < 4.78 is 9.92. The second kappa shape index (κ2) is 3.90. The van der Waals surface area contributed by atoms with E-state index in [0.29, 0.717) is 11.8 Å². The minimum Gasteiger partial charge on any atom is -0.477 e. The van der Waals surface area contributed by atoms with Crippen molar-refractivity contribution < 1.29 is 9.47 Å². The van der Waals surface area contributed by atoms with E-state index < -0.39 is 0 Å². The minimum absolute atomic E-state index is 0.426. The molecule has 0 aliphatic carbocycles. The topological polar surface area (TPSA) is 44.2 Å². The normalized spacial score (nSPS) is 9.58. The van der Waals surface area contributed by atoms with Gasteiger partial charge in [-0.3, -0.25) is 0 Å². The quantitative estimate of drug-likeness (QED) is 0.676. The third kappa shape index (κ3) is 1.64. The number of methoxy groups -OCH3 is 2. The maximum Gasteiger partial charge on any atom is 0.278 e. The van der Waals surface area contributed by atoms with E-state index in [1.54, 1.807) is 13.3 Å². The lowest BCUT2D eigenvalue weighted by Crippen LogP contribution is -1.98. The third-order valence-electron chi connectivity index (χ3n) is 1.51. The first-order valence-corrected chi connectivity index (χ1v) is 3.75. The highest BCUT2D eigenvalue weighted by Crippen LogP contribution is 2.20. The van der Waals surface area contributed by atoms with Gasteiger partial charge in [0.2, 0.25) is 0 Å². The van der Waals surface area contributed by atoms with Crippen LogP contribution in [-0.2, 0) is 6.42 Å². The molecule has 1 rings (SSSR count). The number of nitrogens with zero attached hydrogens (tertiary/aromatic N) is 2. The van der Waals surface area contributed by atoms with E-state index in [0.717, 1.165) is 12.1 Å². The van der Waals surface area contributed by atoms with Crippen molar-refractivity contribution in [1.82, 2.24) is 9.97 Å². The van der Waals surface area contributed by atoms with Gasteiger partial charge in [-0.25, -0.2) is 9.97 Å². The second-order valence-corrected chi connectivity index (χ2v) is 2.23. The van der Waals surface area contributed by atoms with Crippen LogP contribution in [0.1, 0.15) is 12.6 Å². The fourth-order valence-corrected chi connectivity index (χ4v) is 0.839. The second-order valence-electron chi connectivity index (χ2n) is 2.23. The lowest BCUT2D eigenvalue weighted by atomic mass is 10.3. The highest BCUT2D eigenvalue weighted by Gasteiger charge is 2.06. The van der Waals surface area contributed by atoms with E-state index >= 15 is 0 Å². The largest absolute Gasteiger partial charge is 0.477 e. The van der Waals surface area contributed by atoms with Gasteiger partial charge in [-0.15, -0.1) is 0 Å². The van der Waals surface area contributed by atoms with Gasteiger partial charge >= 0.3 is 0 Å². The summed E-state index contributed by atoms with van der Waals surface area (Å²) in [5, 5.41) is 0. The van der Waals surface area contributed by atoms with Crippen LogP contribution in [0, 0.1) is 0 Å². The fraction of sp³-hybridized carbons (Fsp3) is 0.500. The molecule has 0 aliphatic heterocycles. The predicted molar refractivity (Wildman–Crippen MR) is 44.5 cm³/mol. The molecule has 0 saturated heterocycles. The minimum atomic E-state index is 0.426. The molecule has 12 heavy (non-hydrogen) atoms. The maximum atomic E-state index is 4.98. The Balaban J connectivity index is 3.02. The molecule has 0 amide bonds. The van der Waals surface area contributed by atoms with Crippen molar-refractivity contribution in [2.75, 3.05) is 14.2 Å². The van der Waals surface area contributed by atoms with Crippen molar-refractivity contribution in [2.45, 2.75) is 13.3 Å². The maximum absolute atomic E-state index is 4.98. The molecule has 0 N–H and O–H groups in total. The van der Waals surface area contributed by atoms with Crippen LogP contribution in [0.3, 0.4) is 0 Å². The van der Waals surface area contributed by atoms with Crippen LogP contribution in [0.25, 0.3) is 0 Å². The molecule has 0 fully saturated rings. The Kier molecular flexibility index (Phi) is 2.85. The molecule has 0 aromatic carbocycles. The van der Waals surface area contributed by atoms with E-state index in [4.69, 9.17) is 9.47 Å². The Morgan fingerprint density at radius 2 is 1.92 bits per heavy atom. The zero-order valence-corrected chi connectivity index (χ0v) is 7.50. The fourth-order valence-electron chi connectivity index (χ4n) is 0.839. The van der Waals surface area contributed by atoms with Gasteiger partial charge in [0, 0.05) is 0 Å². The van der Waals surface area contributed by atoms with Gasteiger partial charge in [0.15, 0.2) is 0 Å². The Hall–Kier alpha value is -1.32. The van der Waals surface area contributed by atoms with E-state index in [9.17, 15) is 0 Å². The van der Waals surface area contributed by atoms with Crippen LogP contribution in [0.2, 0.25) is 0 Å². The van der Waals surface area contributed by atoms with E-state index in [1.165, 1.54) is 7.11 Å². The Labute approximate surface area is 71.6 Å². The molecule has 1 heterocycles. The Morgan fingerprint density at radius 3 is 2.42 bits per heavy atom. The summed E-state index contributed by atoms with van der Waals surface area (Å²) in [5.41, 5.74) is 0.896. The standard InChI is InChI=1S/C8H12N2O2/c1-4-6-5-9-7(11-2)8(10-6)12-3/h5H,4H2,1-3H3. The van der Waals surface area contributed by atoms with Crippen molar-refractivity contribution in [3.05, 3.63) is 11.9 Å². The number of hydrogen-bond acceptors (Lipinski definition) is 4. The molecule has 0 aliphatic rings. The highest BCUT2D eigenvalue weighted by molar-refractivity contribution is 5.25. The molecular formula is C8H12N2O2. The summed E-state index contributed by atoms with van der Waals surface area (Å²) in [6.45, 7) is 2.01. The number of ether oxygens (including phenoxy) is 2. The first kappa shape index (κ1) is 8.77. The van der Waals surface area contributed by atoms with E-state index in [2.05, 4.69) is 9.97 Å². The van der Waals surface area contributed by atoms with Crippen LogP contribution >= 0.6 is 0 Å². The van der Waals surface area contributed by atoms with Gasteiger partial charge in [-0.2, -0.15) is 0 Å². The Bertz CT molecular complexity index is 263. The molecule has 0 spiro atoms. The number of aromatic nitrogens is 2. The summed E-state index contributed by atoms with van der Waals surface area (Å²) in [4.78, 5) is 8.20. The number of aryl methyl sites for hydroxylation is 1. The van der Waals surface area contributed by atoms with E-state index in [1.807, 2.05) is 6.92 Å². The van der Waals surface area contributed by atoms with Crippen LogP contribution < -0.4 is 9.47 Å². The first-order chi connectivity index (χ1) is 5.81. The van der Waals surface area contributed by atoms with Crippen molar-refractivity contribution in [1.29, 1.82) is 0 Å². The average Bonchev–Trinajstić information content (AvgIpc) is 2.16. The monoisotopic (exact) mass is 168 g/mol. The summed E-state index contributed by atoms with van der Waals surface area (Å²) >= 11 is 0. The van der Waals surface area contributed by atoms with Crippen LogP contribution in [0.4, 0.5) is 0 Å². The molecule has 4 nitrogen and oxygen atoms in total. The van der Waals surface area contributed by atoms with Crippen molar-refractivity contribution >= 4 is 0 Å². The predicted octanol–water partition coefficient (Wildman–Crippen LogP) is 1.06. The van der Waals surface area contributed by atoms with Crippen LogP contribution in [0.15, 0.2) is 6.20 Å². The molecule has 0 bridgehead atoms.